The first-order valence-corrected chi connectivity index (χ1v) is 7.68. The molecule has 0 aliphatic heterocycles. The van der Waals surface area contributed by atoms with E-state index in [1.54, 1.807) is 0 Å². The third-order valence-corrected chi connectivity index (χ3v) is 4.08. The molecule has 0 bridgehead atoms. The van der Waals surface area contributed by atoms with Gasteiger partial charge in [-0.05, 0) is 57.1 Å². The number of benzene rings is 1. The molecule has 0 aromatic heterocycles. The van der Waals surface area contributed by atoms with Crippen LogP contribution in [0.3, 0.4) is 0 Å². The van der Waals surface area contributed by atoms with Crippen molar-refractivity contribution >= 4 is 5.97 Å². The summed E-state index contributed by atoms with van der Waals surface area (Å²) in [4.78, 5) is 12.3. The molecule has 1 aliphatic carbocycles. The lowest BCUT2D eigenvalue weighted by atomic mass is 9.85. The summed E-state index contributed by atoms with van der Waals surface area (Å²) in [6.07, 6.45) is 4.54. The van der Waals surface area contributed by atoms with Crippen LogP contribution in [-0.4, -0.2) is 5.97 Å². The predicted molar refractivity (Wildman–Crippen MR) is 81.4 cm³/mol. The van der Waals surface area contributed by atoms with Crippen LogP contribution in [0.4, 0.5) is 0 Å². The standard InChI is InChI=1S/C18H26O2/c1-13-9-5-6-10-14-11-7-8-12-15(14)16(13)20-17(19)18(2,3)4/h7-8,11-13,16H,5-6,9-10H2,1-4H3. The third-order valence-electron chi connectivity index (χ3n) is 4.08. The second-order valence-electron chi connectivity index (χ2n) is 7.00. The van der Waals surface area contributed by atoms with E-state index < -0.39 is 5.41 Å². The first-order valence-electron chi connectivity index (χ1n) is 7.68. The maximum Gasteiger partial charge on any atom is 0.311 e. The molecule has 1 aromatic carbocycles. The highest BCUT2D eigenvalue weighted by Crippen LogP contribution is 2.36. The summed E-state index contributed by atoms with van der Waals surface area (Å²) in [5.74, 6) is 0.271. The fourth-order valence-corrected chi connectivity index (χ4v) is 2.75. The van der Waals surface area contributed by atoms with E-state index >= 15 is 0 Å². The van der Waals surface area contributed by atoms with Gasteiger partial charge in [-0.25, -0.2) is 0 Å². The number of esters is 1. The van der Waals surface area contributed by atoms with Crippen molar-refractivity contribution in [1.29, 1.82) is 0 Å². The number of rotatable bonds is 1. The average Bonchev–Trinajstić information content (AvgIpc) is 2.38. The highest BCUT2D eigenvalue weighted by atomic mass is 16.5. The van der Waals surface area contributed by atoms with Crippen molar-refractivity contribution in [2.45, 2.75) is 59.5 Å². The molecule has 0 amide bonds. The van der Waals surface area contributed by atoms with Gasteiger partial charge in [0.25, 0.3) is 0 Å². The first-order chi connectivity index (χ1) is 9.39. The summed E-state index contributed by atoms with van der Waals surface area (Å²) < 4.78 is 5.89. The lowest BCUT2D eigenvalue weighted by Crippen LogP contribution is -2.28. The van der Waals surface area contributed by atoms with Crippen LogP contribution in [0.25, 0.3) is 0 Å². The van der Waals surface area contributed by atoms with Crippen molar-refractivity contribution in [2.75, 3.05) is 0 Å². The van der Waals surface area contributed by atoms with E-state index in [1.165, 1.54) is 24.0 Å². The molecule has 0 spiro atoms. The van der Waals surface area contributed by atoms with Crippen LogP contribution in [-0.2, 0) is 16.0 Å². The lowest BCUT2D eigenvalue weighted by Gasteiger charge is -2.31. The van der Waals surface area contributed by atoms with Gasteiger partial charge in [-0.15, -0.1) is 0 Å². The molecule has 0 radical (unpaired) electrons. The van der Waals surface area contributed by atoms with Gasteiger partial charge < -0.3 is 4.74 Å². The van der Waals surface area contributed by atoms with Gasteiger partial charge in [-0.1, -0.05) is 37.6 Å². The number of hydrogen-bond donors (Lipinski definition) is 0. The van der Waals surface area contributed by atoms with Gasteiger partial charge in [0.05, 0.1) is 5.41 Å². The zero-order chi connectivity index (χ0) is 14.8. The Balaban J connectivity index is 2.31. The first kappa shape index (κ1) is 15.1. The summed E-state index contributed by atoms with van der Waals surface area (Å²) in [6, 6.07) is 8.42. The molecule has 0 saturated carbocycles. The maximum absolute atomic E-state index is 12.3. The summed E-state index contributed by atoms with van der Waals surface area (Å²) in [5, 5.41) is 0. The molecule has 2 unspecified atom stereocenters. The number of carbonyl (C=O) groups is 1. The second-order valence-corrected chi connectivity index (χ2v) is 7.00. The molecule has 2 nitrogen and oxygen atoms in total. The topological polar surface area (TPSA) is 26.3 Å². The number of carbonyl (C=O) groups excluding carboxylic acids is 1. The van der Waals surface area contributed by atoms with Crippen LogP contribution in [0, 0.1) is 11.3 Å². The van der Waals surface area contributed by atoms with Crippen LogP contribution in [0.1, 0.15) is 64.2 Å². The van der Waals surface area contributed by atoms with Crippen LogP contribution in [0.2, 0.25) is 0 Å². The number of fused-ring (bicyclic) bond motifs is 1. The van der Waals surface area contributed by atoms with E-state index in [-0.39, 0.29) is 12.1 Å². The molecule has 1 aliphatic rings. The Morgan fingerprint density at radius 1 is 1.20 bits per heavy atom. The van der Waals surface area contributed by atoms with Crippen molar-refractivity contribution in [3.63, 3.8) is 0 Å². The minimum absolute atomic E-state index is 0.0989. The smallest absolute Gasteiger partial charge is 0.311 e. The Morgan fingerprint density at radius 2 is 1.90 bits per heavy atom. The summed E-state index contributed by atoms with van der Waals surface area (Å²) in [6.45, 7) is 7.93. The van der Waals surface area contributed by atoms with Gasteiger partial charge >= 0.3 is 5.97 Å². The van der Waals surface area contributed by atoms with E-state index in [9.17, 15) is 4.79 Å². The molecular weight excluding hydrogens is 248 g/mol. The molecule has 2 heteroatoms. The van der Waals surface area contributed by atoms with Gasteiger partial charge in [0.15, 0.2) is 0 Å². The van der Waals surface area contributed by atoms with E-state index in [2.05, 4.69) is 25.1 Å². The molecule has 20 heavy (non-hydrogen) atoms. The predicted octanol–water partition coefficient (Wildman–Crippen LogP) is 4.68. The summed E-state index contributed by atoms with van der Waals surface area (Å²) in [7, 11) is 0. The molecule has 1 aromatic rings. The SMILES string of the molecule is CC1CCCCc2ccccc2C1OC(=O)C(C)(C)C. The Kier molecular flexibility index (Phi) is 4.52. The second kappa shape index (κ2) is 5.99. The highest BCUT2D eigenvalue weighted by molar-refractivity contribution is 5.75. The van der Waals surface area contributed by atoms with E-state index in [0.717, 1.165) is 12.8 Å². The van der Waals surface area contributed by atoms with E-state index in [0.29, 0.717) is 5.92 Å². The largest absolute Gasteiger partial charge is 0.457 e. The van der Waals surface area contributed by atoms with E-state index in [1.807, 2.05) is 26.8 Å². The highest BCUT2D eigenvalue weighted by Gasteiger charge is 2.31. The van der Waals surface area contributed by atoms with Crippen molar-refractivity contribution in [3.8, 4) is 0 Å². The molecule has 2 atom stereocenters. The van der Waals surface area contributed by atoms with Gasteiger partial charge in [-0.2, -0.15) is 0 Å². The number of hydrogen-bond acceptors (Lipinski definition) is 2. The zero-order valence-corrected chi connectivity index (χ0v) is 13.1. The maximum atomic E-state index is 12.3. The van der Waals surface area contributed by atoms with Crippen LogP contribution < -0.4 is 0 Å². The van der Waals surface area contributed by atoms with Gasteiger partial charge in [0.1, 0.15) is 6.10 Å². The monoisotopic (exact) mass is 274 g/mol. The minimum Gasteiger partial charge on any atom is -0.457 e. The molecule has 0 saturated heterocycles. The molecule has 0 N–H and O–H groups in total. The van der Waals surface area contributed by atoms with Crippen molar-refractivity contribution in [1.82, 2.24) is 0 Å². The molecular formula is C18H26O2. The van der Waals surface area contributed by atoms with Gasteiger partial charge in [0, 0.05) is 0 Å². The Bertz CT molecular complexity index is 471. The quantitative estimate of drug-likeness (QED) is 0.695. The Labute approximate surface area is 122 Å². The van der Waals surface area contributed by atoms with Crippen LogP contribution >= 0.6 is 0 Å². The third kappa shape index (κ3) is 3.41. The Morgan fingerprint density at radius 3 is 2.60 bits per heavy atom. The lowest BCUT2D eigenvalue weighted by molar-refractivity contribution is -0.162. The van der Waals surface area contributed by atoms with Gasteiger partial charge in [-0.3, -0.25) is 4.79 Å². The summed E-state index contributed by atoms with van der Waals surface area (Å²) >= 11 is 0. The number of ether oxygens (including phenoxy) is 1. The zero-order valence-electron chi connectivity index (χ0n) is 13.1. The molecule has 0 heterocycles. The Hall–Kier alpha value is -1.31. The van der Waals surface area contributed by atoms with Crippen molar-refractivity contribution in [3.05, 3.63) is 35.4 Å². The van der Waals surface area contributed by atoms with Crippen molar-refractivity contribution in [2.24, 2.45) is 11.3 Å². The van der Waals surface area contributed by atoms with Crippen LogP contribution in [0.5, 0.6) is 0 Å². The fourth-order valence-electron chi connectivity index (χ4n) is 2.75. The van der Waals surface area contributed by atoms with Gasteiger partial charge in [0.2, 0.25) is 0 Å². The number of aryl methyl sites for hydroxylation is 1. The average molecular weight is 274 g/mol. The van der Waals surface area contributed by atoms with Crippen LogP contribution in [0.15, 0.2) is 24.3 Å². The normalized spacial score (nSPS) is 23.4. The van der Waals surface area contributed by atoms with E-state index in [4.69, 9.17) is 4.74 Å². The summed E-state index contributed by atoms with van der Waals surface area (Å²) in [5.41, 5.74) is 2.10. The molecule has 110 valence electrons. The minimum atomic E-state index is -0.447. The molecule has 2 rings (SSSR count). The fraction of sp³-hybridized carbons (Fsp3) is 0.611. The molecule has 0 fully saturated rings. The van der Waals surface area contributed by atoms with Crippen molar-refractivity contribution < 1.29 is 9.53 Å².